The van der Waals surface area contributed by atoms with Crippen LogP contribution in [-0.4, -0.2) is 7.05 Å². The average molecular weight is 369 g/mol. The van der Waals surface area contributed by atoms with E-state index in [9.17, 15) is 0 Å². The highest BCUT2D eigenvalue weighted by Crippen LogP contribution is 2.50. The molecule has 1 aliphatic heterocycles. The van der Waals surface area contributed by atoms with Crippen molar-refractivity contribution in [3.63, 3.8) is 0 Å². The van der Waals surface area contributed by atoms with Gasteiger partial charge in [-0.25, -0.2) is 4.57 Å². The number of aromatic nitrogens is 1. The Hall–Kier alpha value is -2.81. The minimum Gasteiger partial charge on any atom is -0.464 e. The third-order valence-corrected chi connectivity index (χ3v) is 7.02. The van der Waals surface area contributed by atoms with Crippen LogP contribution in [0.3, 0.4) is 0 Å². The maximum atomic E-state index is 5.78. The van der Waals surface area contributed by atoms with Gasteiger partial charge in [0.2, 0.25) is 5.69 Å². The first-order valence-electron chi connectivity index (χ1n) is 10.3. The standard InChI is InChI=1S/C25H25N2O/c1-15-19-9-11-28-22(19)14-21-23(15)25-24-17(8-10-26(25)2)12-18(13-20(24)27(21)3)16-6-4-5-7-16/h8-14,16H,4-7H2,1-3H3/q+1. The molecule has 0 saturated heterocycles. The Balaban J connectivity index is 1.73. The van der Waals surface area contributed by atoms with Crippen LogP contribution in [0.15, 0.2) is 47.2 Å². The van der Waals surface area contributed by atoms with Crippen LogP contribution in [0.1, 0.15) is 42.7 Å². The number of furan rings is 1. The van der Waals surface area contributed by atoms with Gasteiger partial charge in [0.05, 0.1) is 28.6 Å². The summed E-state index contributed by atoms with van der Waals surface area (Å²) in [5.74, 6) is 0.710. The van der Waals surface area contributed by atoms with E-state index in [2.05, 4.69) is 67.0 Å². The van der Waals surface area contributed by atoms with Crippen molar-refractivity contribution >= 4 is 33.1 Å². The van der Waals surface area contributed by atoms with Crippen LogP contribution in [0.25, 0.3) is 33.0 Å². The monoisotopic (exact) mass is 369 g/mol. The molecule has 4 aromatic rings. The molecule has 0 amide bonds. The number of nitrogens with zero attached hydrogens (tertiary/aromatic N) is 2. The van der Waals surface area contributed by atoms with Crippen LogP contribution in [0.4, 0.5) is 11.4 Å². The molecule has 1 aliphatic carbocycles. The van der Waals surface area contributed by atoms with Gasteiger partial charge in [-0.05, 0) is 54.3 Å². The second-order valence-electron chi connectivity index (χ2n) is 8.55. The maximum absolute atomic E-state index is 5.78. The molecular weight excluding hydrogens is 344 g/mol. The Morgan fingerprint density at radius 3 is 2.71 bits per heavy atom. The SMILES string of the molecule is Cc1c2c(cc3occc13)N(C)c1cc(C3CCCC3)cc3cc[n+](C)c-2c13. The summed E-state index contributed by atoms with van der Waals surface area (Å²) in [6, 6.07) is 11.5. The fourth-order valence-corrected chi connectivity index (χ4v) is 5.52. The Labute approximate surface area is 165 Å². The van der Waals surface area contributed by atoms with Crippen LogP contribution >= 0.6 is 0 Å². The largest absolute Gasteiger partial charge is 0.464 e. The molecule has 0 bridgehead atoms. The second kappa shape index (κ2) is 5.60. The highest BCUT2D eigenvalue weighted by Gasteiger charge is 2.32. The Morgan fingerprint density at radius 2 is 1.89 bits per heavy atom. The molecule has 0 N–H and O–H groups in total. The van der Waals surface area contributed by atoms with Crippen molar-refractivity contribution < 1.29 is 8.98 Å². The lowest BCUT2D eigenvalue weighted by Gasteiger charge is -2.30. The van der Waals surface area contributed by atoms with Gasteiger partial charge in [-0.1, -0.05) is 18.9 Å². The highest BCUT2D eigenvalue weighted by atomic mass is 16.3. The van der Waals surface area contributed by atoms with E-state index in [0.717, 1.165) is 5.58 Å². The van der Waals surface area contributed by atoms with Crippen LogP contribution in [0, 0.1) is 6.92 Å². The average Bonchev–Trinajstić information content (AvgIpc) is 3.39. The van der Waals surface area contributed by atoms with E-state index in [0.29, 0.717) is 5.92 Å². The first kappa shape index (κ1) is 16.2. The van der Waals surface area contributed by atoms with E-state index < -0.39 is 0 Å². The van der Waals surface area contributed by atoms with E-state index in [1.165, 1.54) is 75.6 Å². The van der Waals surface area contributed by atoms with Gasteiger partial charge in [-0.15, -0.1) is 0 Å². The smallest absolute Gasteiger partial charge is 0.224 e. The van der Waals surface area contributed by atoms with Gasteiger partial charge in [0, 0.05) is 24.6 Å². The molecular formula is C25H25N2O+. The molecule has 2 aliphatic rings. The number of anilines is 2. The summed E-state index contributed by atoms with van der Waals surface area (Å²) in [7, 11) is 4.37. The van der Waals surface area contributed by atoms with Crippen LogP contribution < -0.4 is 9.47 Å². The second-order valence-corrected chi connectivity index (χ2v) is 8.55. The highest BCUT2D eigenvalue weighted by molar-refractivity contribution is 6.12. The van der Waals surface area contributed by atoms with Gasteiger partial charge in [-0.2, -0.15) is 0 Å². The quantitative estimate of drug-likeness (QED) is 0.376. The van der Waals surface area contributed by atoms with Gasteiger partial charge in [0.1, 0.15) is 12.6 Å². The lowest BCUT2D eigenvalue weighted by atomic mass is 9.88. The van der Waals surface area contributed by atoms with Gasteiger partial charge >= 0.3 is 0 Å². The topological polar surface area (TPSA) is 20.3 Å². The summed E-state index contributed by atoms with van der Waals surface area (Å²) < 4.78 is 8.06. The predicted octanol–water partition coefficient (Wildman–Crippen LogP) is 6.12. The number of aryl methyl sites for hydroxylation is 2. The molecule has 3 heteroatoms. The zero-order chi connectivity index (χ0) is 19.0. The zero-order valence-corrected chi connectivity index (χ0v) is 16.7. The van der Waals surface area contributed by atoms with Crippen molar-refractivity contribution in [3.05, 3.63) is 53.9 Å². The van der Waals surface area contributed by atoms with Crippen LogP contribution in [-0.2, 0) is 7.05 Å². The van der Waals surface area contributed by atoms with Crippen molar-refractivity contribution in [2.75, 3.05) is 11.9 Å². The predicted molar refractivity (Wildman–Crippen MR) is 114 cm³/mol. The number of benzene rings is 2. The Morgan fingerprint density at radius 1 is 1.07 bits per heavy atom. The number of hydrogen-bond donors (Lipinski definition) is 0. The molecule has 6 rings (SSSR count). The molecule has 0 unspecified atom stereocenters. The molecule has 3 heterocycles. The minimum atomic E-state index is 0.710. The van der Waals surface area contributed by atoms with Gasteiger partial charge in [-0.3, -0.25) is 0 Å². The molecule has 2 aromatic heterocycles. The molecule has 0 spiro atoms. The molecule has 28 heavy (non-hydrogen) atoms. The molecule has 2 aromatic carbocycles. The third-order valence-electron chi connectivity index (χ3n) is 7.02. The molecule has 1 fully saturated rings. The van der Waals surface area contributed by atoms with E-state index in [1.807, 2.05) is 0 Å². The van der Waals surface area contributed by atoms with Gasteiger partial charge in [0.15, 0.2) is 6.20 Å². The summed E-state index contributed by atoms with van der Waals surface area (Å²) in [6.07, 6.45) is 9.39. The molecule has 0 radical (unpaired) electrons. The normalized spacial score (nSPS) is 16.3. The Bertz CT molecular complexity index is 1260. The number of fused-ring (bicyclic) bond motifs is 3. The van der Waals surface area contributed by atoms with E-state index >= 15 is 0 Å². The lowest BCUT2D eigenvalue weighted by molar-refractivity contribution is -0.659. The zero-order valence-electron chi connectivity index (χ0n) is 16.7. The van der Waals surface area contributed by atoms with Crippen molar-refractivity contribution in [2.24, 2.45) is 7.05 Å². The van der Waals surface area contributed by atoms with Gasteiger partial charge in [0.25, 0.3) is 0 Å². The van der Waals surface area contributed by atoms with Gasteiger partial charge < -0.3 is 9.32 Å². The molecule has 1 saturated carbocycles. The van der Waals surface area contributed by atoms with Crippen molar-refractivity contribution in [1.29, 1.82) is 0 Å². The first-order chi connectivity index (χ1) is 13.6. The number of pyridine rings is 1. The van der Waals surface area contributed by atoms with E-state index in [1.54, 1.807) is 6.26 Å². The summed E-state index contributed by atoms with van der Waals surface area (Å²) in [5, 5.41) is 3.93. The number of hydrogen-bond acceptors (Lipinski definition) is 2. The lowest BCUT2D eigenvalue weighted by Crippen LogP contribution is -2.33. The van der Waals surface area contributed by atoms with Crippen LogP contribution in [0.5, 0.6) is 0 Å². The maximum Gasteiger partial charge on any atom is 0.224 e. The fourth-order valence-electron chi connectivity index (χ4n) is 5.52. The number of rotatable bonds is 1. The first-order valence-corrected chi connectivity index (χ1v) is 10.3. The molecule has 0 atom stereocenters. The summed E-state index contributed by atoms with van der Waals surface area (Å²) in [5.41, 5.74) is 8.97. The van der Waals surface area contributed by atoms with E-state index in [-0.39, 0.29) is 0 Å². The van der Waals surface area contributed by atoms with Crippen molar-refractivity contribution in [3.8, 4) is 11.3 Å². The third kappa shape index (κ3) is 2.02. The summed E-state index contributed by atoms with van der Waals surface area (Å²) >= 11 is 0. The Kier molecular flexibility index (Phi) is 3.24. The van der Waals surface area contributed by atoms with Crippen molar-refractivity contribution in [1.82, 2.24) is 0 Å². The molecule has 3 nitrogen and oxygen atoms in total. The van der Waals surface area contributed by atoms with Crippen LogP contribution in [0.2, 0.25) is 0 Å². The summed E-state index contributed by atoms with van der Waals surface area (Å²) in [6.45, 7) is 2.22. The van der Waals surface area contributed by atoms with E-state index in [4.69, 9.17) is 4.42 Å². The fraction of sp³-hybridized carbons (Fsp3) is 0.320. The molecule has 140 valence electrons. The minimum absolute atomic E-state index is 0.710. The summed E-state index contributed by atoms with van der Waals surface area (Å²) in [4.78, 5) is 2.37. The van der Waals surface area contributed by atoms with Crippen molar-refractivity contribution in [2.45, 2.75) is 38.5 Å².